The lowest BCUT2D eigenvalue weighted by Gasteiger charge is -2.17. The number of fused-ring (bicyclic) bond motifs is 1. The molecule has 0 fully saturated rings. The van der Waals surface area contributed by atoms with Crippen molar-refractivity contribution in [3.05, 3.63) is 50.7 Å². The summed E-state index contributed by atoms with van der Waals surface area (Å²) in [6.45, 7) is 4.94. The van der Waals surface area contributed by atoms with Gasteiger partial charge < -0.3 is 15.6 Å². The fraction of sp³-hybridized carbons (Fsp3) is 0.368. The average molecular weight is 343 g/mol. The third-order valence-electron chi connectivity index (χ3n) is 4.82. The molecule has 3 rings (SSSR count). The van der Waals surface area contributed by atoms with Crippen molar-refractivity contribution >= 4 is 28.0 Å². The number of nitrogens with one attached hydrogen (secondary N) is 3. The lowest BCUT2D eigenvalue weighted by molar-refractivity contribution is 0.468. The molecule has 1 aromatic heterocycles. The SMILES string of the molecule is CCC(CC)CCNc1c(Nc2c[nH]c3ccc(F)cc23)c(=O)c1=O. The molecule has 0 radical (unpaired) electrons. The standard InChI is InChI=1S/C19H22FN3O2/c1-3-11(4-2)7-8-21-16-17(19(25)18(16)24)23-15-10-22-14-6-5-12(20)9-13(14)15/h5-6,9-11,21-23H,3-4,7-8H2,1-2H3. The van der Waals surface area contributed by atoms with Crippen LogP contribution in [-0.2, 0) is 0 Å². The smallest absolute Gasteiger partial charge is 0.253 e. The number of hydrogen-bond donors (Lipinski definition) is 3. The quantitative estimate of drug-likeness (QED) is 0.543. The van der Waals surface area contributed by atoms with E-state index < -0.39 is 10.9 Å². The second kappa shape index (κ2) is 7.09. The highest BCUT2D eigenvalue weighted by Crippen LogP contribution is 2.28. The van der Waals surface area contributed by atoms with Gasteiger partial charge >= 0.3 is 0 Å². The van der Waals surface area contributed by atoms with Crippen molar-refractivity contribution in [3.8, 4) is 0 Å². The van der Waals surface area contributed by atoms with Crippen LogP contribution in [0, 0.1) is 11.7 Å². The first kappa shape index (κ1) is 17.2. The van der Waals surface area contributed by atoms with Crippen LogP contribution in [0.25, 0.3) is 10.9 Å². The van der Waals surface area contributed by atoms with E-state index in [4.69, 9.17) is 0 Å². The summed E-state index contributed by atoms with van der Waals surface area (Å²) in [5.74, 6) is 0.246. The molecule has 0 bridgehead atoms. The second-order valence-electron chi connectivity index (χ2n) is 6.32. The summed E-state index contributed by atoms with van der Waals surface area (Å²) in [4.78, 5) is 26.8. The Morgan fingerprint density at radius 1 is 1.12 bits per heavy atom. The molecule has 0 saturated heterocycles. The van der Waals surface area contributed by atoms with Crippen LogP contribution in [0.1, 0.15) is 33.1 Å². The first-order chi connectivity index (χ1) is 12.0. The summed E-state index contributed by atoms with van der Waals surface area (Å²) in [6.07, 6.45) is 4.80. The molecule has 3 N–H and O–H groups in total. The van der Waals surface area contributed by atoms with E-state index in [9.17, 15) is 14.0 Å². The molecule has 132 valence electrons. The second-order valence-corrected chi connectivity index (χ2v) is 6.32. The Morgan fingerprint density at radius 3 is 2.56 bits per heavy atom. The van der Waals surface area contributed by atoms with Gasteiger partial charge in [0, 0.05) is 23.6 Å². The summed E-state index contributed by atoms with van der Waals surface area (Å²) in [7, 11) is 0. The molecule has 5 nitrogen and oxygen atoms in total. The van der Waals surface area contributed by atoms with Crippen molar-refractivity contribution in [1.29, 1.82) is 0 Å². The van der Waals surface area contributed by atoms with E-state index in [0.29, 0.717) is 29.2 Å². The number of rotatable bonds is 8. The van der Waals surface area contributed by atoms with Gasteiger partial charge in [0.15, 0.2) is 0 Å². The summed E-state index contributed by atoms with van der Waals surface area (Å²) in [5.41, 5.74) is 0.853. The Hall–Kier alpha value is -2.63. The predicted molar refractivity (Wildman–Crippen MR) is 100 cm³/mol. The first-order valence-corrected chi connectivity index (χ1v) is 8.66. The summed E-state index contributed by atoms with van der Waals surface area (Å²) < 4.78 is 13.5. The maximum Gasteiger partial charge on any atom is 0.253 e. The molecule has 0 spiro atoms. The van der Waals surface area contributed by atoms with Gasteiger partial charge in [0.1, 0.15) is 17.2 Å². The molecular weight excluding hydrogens is 321 g/mol. The van der Waals surface area contributed by atoms with Crippen molar-refractivity contribution in [3.63, 3.8) is 0 Å². The van der Waals surface area contributed by atoms with E-state index >= 15 is 0 Å². The highest BCUT2D eigenvalue weighted by Gasteiger charge is 2.22. The molecule has 0 saturated carbocycles. The fourth-order valence-electron chi connectivity index (χ4n) is 3.11. The highest BCUT2D eigenvalue weighted by atomic mass is 19.1. The van der Waals surface area contributed by atoms with Crippen LogP contribution in [0.4, 0.5) is 21.5 Å². The van der Waals surface area contributed by atoms with Crippen molar-refractivity contribution in [2.24, 2.45) is 5.92 Å². The minimum absolute atomic E-state index is 0.250. The Kier molecular flexibility index (Phi) is 4.88. The summed E-state index contributed by atoms with van der Waals surface area (Å²) in [6, 6.07) is 4.39. The van der Waals surface area contributed by atoms with Gasteiger partial charge in [-0.15, -0.1) is 0 Å². The molecule has 0 unspecified atom stereocenters. The molecular formula is C19H22FN3O2. The van der Waals surface area contributed by atoms with E-state index in [1.807, 2.05) is 0 Å². The van der Waals surface area contributed by atoms with E-state index in [0.717, 1.165) is 24.8 Å². The Morgan fingerprint density at radius 2 is 1.84 bits per heavy atom. The molecule has 0 aliphatic heterocycles. The van der Waals surface area contributed by atoms with Gasteiger partial charge in [0.05, 0.1) is 5.69 Å². The van der Waals surface area contributed by atoms with Crippen LogP contribution >= 0.6 is 0 Å². The van der Waals surface area contributed by atoms with Gasteiger partial charge in [-0.25, -0.2) is 4.39 Å². The Labute approximate surface area is 145 Å². The Bertz CT molecular complexity index is 950. The zero-order chi connectivity index (χ0) is 18.0. The minimum Gasteiger partial charge on any atom is -0.380 e. The van der Waals surface area contributed by atoms with Crippen LogP contribution in [0.2, 0.25) is 0 Å². The predicted octanol–water partition coefficient (Wildman–Crippen LogP) is 3.88. The largest absolute Gasteiger partial charge is 0.380 e. The topological polar surface area (TPSA) is 74.0 Å². The van der Waals surface area contributed by atoms with E-state index in [-0.39, 0.29) is 11.5 Å². The van der Waals surface area contributed by atoms with Gasteiger partial charge in [0.2, 0.25) is 0 Å². The summed E-state index contributed by atoms with van der Waals surface area (Å²) >= 11 is 0. The van der Waals surface area contributed by atoms with Crippen LogP contribution < -0.4 is 21.5 Å². The number of anilines is 3. The number of halogens is 1. The number of benzene rings is 1. The van der Waals surface area contributed by atoms with Gasteiger partial charge in [-0.2, -0.15) is 0 Å². The third-order valence-corrected chi connectivity index (χ3v) is 4.82. The fourth-order valence-corrected chi connectivity index (χ4v) is 3.11. The van der Waals surface area contributed by atoms with E-state index in [1.54, 1.807) is 12.3 Å². The minimum atomic E-state index is -0.546. The maximum atomic E-state index is 13.5. The molecule has 0 aliphatic carbocycles. The van der Waals surface area contributed by atoms with Crippen molar-refractivity contribution in [2.75, 3.05) is 17.2 Å². The van der Waals surface area contributed by atoms with Gasteiger partial charge in [-0.1, -0.05) is 26.7 Å². The number of hydrogen-bond acceptors (Lipinski definition) is 4. The molecule has 3 aromatic rings. The molecule has 2 aromatic carbocycles. The molecule has 0 atom stereocenters. The molecule has 6 heteroatoms. The van der Waals surface area contributed by atoms with E-state index in [2.05, 4.69) is 29.5 Å². The summed E-state index contributed by atoms with van der Waals surface area (Å²) in [5, 5.41) is 6.69. The number of aromatic amines is 1. The van der Waals surface area contributed by atoms with Crippen molar-refractivity contribution in [2.45, 2.75) is 33.1 Å². The number of H-pyrrole nitrogens is 1. The highest BCUT2D eigenvalue weighted by molar-refractivity contribution is 5.95. The molecule has 0 aliphatic rings. The lowest BCUT2D eigenvalue weighted by atomic mass is 9.99. The molecule has 1 heterocycles. The van der Waals surface area contributed by atoms with Crippen LogP contribution in [-0.4, -0.2) is 11.5 Å². The van der Waals surface area contributed by atoms with Crippen molar-refractivity contribution < 1.29 is 4.39 Å². The van der Waals surface area contributed by atoms with Gasteiger partial charge in [0.25, 0.3) is 10.9 Å². The zero-order valence-corrected chi connectivity index (χ0v) is 14.4. The van der Waals surface area contributed by atoms with Crippen molar-refractivity contribution in [1.82, 2.24) is 4.98 Å². The molecule has 0 amide bonds. The average Bonchev–Trinajstić information content (AvgIpc) is 3.02. The Balaban J connectivity index is 1.77. The third kappa shape index (κ3) is 3.29. The number of aromatic nitrogens is 1. The zero-order valence-electron chi connectivity index (χ0n) is 14.4. The van der Waals surface area contributed by atoms with Crippen LogP contribution in [0.15, 0.2) is 34.0 Å². The maximum absolute atomic E-state index is 13.5. The normalized spacial score (nSPS) is 11.5. The monoisotopic (exact) mass is 343 g/mol. The van der Waals surface area contributed by atoms with Crippen LogP contribution in [0.5, 0.6) is 0 Å². The molecule has 25 heavy (non-hydrogen) atoms. The lowest BCUT2D eigenvalue weighted by Crippen LogP contribution is -2.37. The van der Waals surface area contributed by atoms with Gasteiger partial charge in [-0.05, 0) is 30.5 Å². The first-order valence-electron chi connectivity index (χ1n) is 8.66. The van der Waals surface area contributed by atoms with E-state index in [1.165, 1.54) is 12.1 Å². The van der Waals surface area contributed by atoms with Crippen LogP contribution in [0.3, 0.4) is 0 Å². The van der Waals surface area contributed by atoms with Gasteiger partial charge in [-0.3, -0.25) is 9.59 Å².